The van der Waals surface area contributed by atoms with Crippen LogP contribution in [-0.4, -0.2) is 74.0 Å². The summed E-state index contributed by atoms with van der Waals surface area (Å²) in [6, 6.07) is 3.78. The molecule has 27 heavy (non-hydrogen) atoms. The van der Waals surface area contributed by atoms with Crippen molar-refractivity contribution in [1.82, 2.24) is 20.4 Å². The molecule has 1 fully saturated rings. The molecule has 0 bridgehead atoms. The molecule has 0 spiro atoms. The number of carbonyl (C=O) groups is 1. The van der Waals surface area contributed by atoms with E-state index in [2.05, 4.69) is 25.4 Å². The Bertz CT molecular complexity index is 658. The highest BCUT2D eigenvalue weighted by atomic mass is 19.1. The monoisotopic (exact) mass is 381 g/mol. The molecule has 1 aliphatic heterocycles. The minimum atomic E-state index is -0.569. The second-order valence-corrected chi connectivity index (χ2v) is 6.95. The molecule has 150 valence electrons. The van der Waals surface area contributed by atoms with Gasteiger partial charge in [-0.15, -0.1) is 0 Å². The number of carbonyl (C=O) groups excluding carboxylic acids is 1. The molecule has 2 N–H and O–H groups in total. The molecule has 0 radical (unpaired) electrons. The number of aliphatic imine (C=N–C) groups is 1. The maximum absolute atomic E-state index is 13.7. The molecule has 0 unspecified atom stereocenters. The molecule has 1 saturated heterocycles. The number of amides is 1. The van der Waals surface area contributed by atoms with Crippen LogP contribution in [0.15, 0.2) is 23.2 Å². The summed E-state index contributed by atoms with van der Waals surface area (Å²) >= 11 is 0. The lowest BCUT2D eigenvalue weighted by atomic mass is 10.1. The third-order valence-electron chi connectivity index (χ3n) is 4.39. The highest BCUT2D eigenvalue weighted by Crippen LogP contribution is 2.10. The van der Waals surface area contributed by atoms with Crippen molar-refractivity contribution in [3.63, 3.8) is 0 Å². The quantitative estimate of drug-likeness (QED) is 0.575. The minimum absolute atomic E-state index is 0.0438. The number of benzene rings is 1. The molecule has 0 atom stereocenters. The Kier molecular flexibility index (Phi) is 7.97. The van der Waals surface area contributed by atoms with Crippen molar-refractivity contribution < 1.29 is 13.6 Å². The molecule has 0 aromatic heterocycles. The Labute approximate surface area is 159 Å². The van der Waals surface area contributed by atoms with E-state index >= 15 is 0 Å². The molecular formula is C19H29F2N5O. The van der Waals surface area contributed by atoms with Crippen molar-refractivity contribution in [2.24, 2.45) is 4.99 Å². The van der Waals surface area contributed by atoms with E-state index in [1.807, 2.05) is 13.8 Å². The van der Waals surface area contributed by atoms with Gasteiger partial charge in [0.15, 0.2) is 5.96 Å². The SMILES string of the molecule is CN=C(NCCc1ccc(F)cc1F)N1CCN(CC(=O)NC(C)C)CC1. The highest BCUT2D eigenvalue weighted by molar-refractivity contribution is 5.80. The van der Waals surface area contributed by atoms with Crippen LogP contribution in [0.3, 0.4) is 0 Å². The molecule has 0 aliphatic carbocycles. The Morgan fingerprint density at radius 1 is 1.22 bits per heavy atom. The second kappa shape index (κ2) is 10.2. The summed E-state index contributed by atoms with van der Waals surface area (Å²) in [6.45, 7) is 7.89. The summed E-state index contributed by atoms with van der Waals surface area (Å²) in [5.74, 6) is -0.300. The Morgan fingerprint density at radius 2 is 1.93 bits per heavy atom. The molecule has 1 aromatic carbocycles. The first-order valence-electron chi connectivity index (χ1n) is 9.30. The van der Waals surface area contributed by atoms with Gasteiger partial charge in [0.1, 0.15) is 11.6 Å². The van der Waals surface area contributed by atoms with Crippen LogP contribution in [0.25, 0.3) is 0 Å². The number of halogens is 2. The zero-order valence-electron chi connectivity index (χ0n) is 16.3. The van der Waals surface area contributed by atoms with E-state index in [-0.39, 0.29) is 11.9 Å². The summed E-state index contributed by atoms with van der Waals surface area (Å²) in [7, 11) is 1.71. The highest BCUT2D eigenvalue weighted by Gasteiger charge is 2.21. The van der Waals surface area contributed by atoms with E-state index in [1.54, 1.807) is 7.05 Å². The van der Waals surface area contributed by atoms with Gasteiger partial charge in [0, 0.05) is 51.9 Å². The first-order valence-corrected chi connectivity index (χ1v) is 9.30. The van der Waals surface area contributed by atoms with Gasteiger partial charge < -0.3 is 15.5 Å². The van der Waals surface area contributed by atoms with Crippen molar-refractivity contribution in [1.29, 1.82) is 0 Å². The van der Waals surface area contributed by atoms with Crippen LogP contribution in [0.2, 0.25) is 0 Å². The number of hydrogen-bond donors (Lipinski definition) is 2. The molecule has 0 saturated carbocycles. The van der Waals surface area contributed by atoms with Crippen molar-refractivity contribution in [2.45, 2.75) is 26.3 Å². The summed E-state index contributed by atoms with van der Waals surface area (Å²) in [4.78, 5) is 20.4. The molecule has 1 aliphatic rings. The predicted octanol–water partition coefficient (Wildman–Crippen LogP) is 1.22. The Balaban J connectivity index is 1.76. The standard InChI is InChI=1S/C19H29F2N5O/c1-14(2)24-18(27)13-25-8-10-26(11-9-25)19(22-3)23-7-6-15-4-5-16(20)12-17(15)21/h4-5,12,14H,6-11,13H2,1-3H3,(H,22,23)(H,24,27). The molecule has 8 heteroatoms. The van der Waals surface area contributed by atoms with Gasteiger partial charge in [-0.2, -0.15) is 0 Å². The van der Waals surface area contributed by atoms with Crippen LogP contribution in [0.1, 0.15) is 19.4 Å². The van der Waals surface area contributed by atoms with Gasteiger partial charge in [-0.1, -0.05) is 6.07 Å². The van der Waals surface area contributed by atoms with Gasteiger partial charge in [-0.25, -0.2) is 8.78 Å². The molecule has 1 aromatic rings. The maximum Gasteiger partial charge on any atom is 0.234 e. The van der Waals surface area contributed by atoms with Gasteiger partial charge in [0.05, 0.1) is 6.54 Å². The number of nitrogens with one attached hydrogen (secondary N) is 2. The second-order valence-electron chi connectivity index (χ2n) is 6.95. The van der Waals surface area contributed by atoms with Crippen LogP contribution < -0.4 is 10.6 Å². The average Bonchev–Trinajstić information content (AvgIpc) is 2.60. The Morgan fingerprint density at radius 3 is 2.52 bits per heavy atom. The topological polar surface area (TPSA) is 60.0 Å². The number of piperazine rings is 1. The fourth-order valence-electron chi connectivity index (χ4n) is 3.05. The largest absolute Gasteiger partial charge is 0.356 e. The van der Waals surface area contributed by atoms with Gasteiger partial charge in [0.25, 0.3) is 0 Å². The van der Waals surface area contributed by atoms with Gasteiger partial charge in [-0.3, -0.25) is 14.7 Å². The fourth-order valence-corrected chi connectivity index (χ4v) is 3.05. The third-order valence-corrected chi connectivity index (χ3v) is 4.39. The van der Waals surface area contributed by atoms with Crippen molar-refractivity contribution in [3.05, 3.63) is 35.4 Å². The van der Waals surface area contributed by atoms with Crippen LogP contribution in [0.4, 0.5) is 8.78 Å². The summed E-state index contributed by atoms with van der Waals surface area (Å²) in [5.41, 5.74) is 0.473. The normalized spacial score (nSPS) is 15.9. The number of rotatable bonds is 6. The van der Waals surface area contributed by atoms with E-state index in [4.69, 9.17) is 0 Å². The predicted molar refractivity (Wildman–Crippen MR) is 103 cm³/mol. The molecule has 1 heterocycles. The van der Waals surface area contributed by atoms with Crippen LogP contribution >= 0.6 is 0 Å². The van der Waals surface area contributed by atoms with Gasteiger partial charge in [-0.05, 0) is 31.9 Å². The van der Waals surface area contributed by atoms with Crippen molar-refractivity contribution >= 4 is 11.9 Å². The van der Waals surface area contributed by atoms with E-state index < -0.39 is 11.6 Å². The fraction of sp³-hybridized carbons (Fsp3) is 0.579. The molecule has 2 rings (SSSR count). The lowest BCUT2D eigenvalue weighted by molar-refractivity contribution is -0.123. The van der Waals surface area contributed by atoms with E-state index in [9.17, 15) is 13.6 Å². The summed E-state index contributed by atoms with van der Waals surface area (Å²) in [5, 5.41) is 6.13. The minimum Gasteiger partial charge on any atom is -0.356 e. The smallest absolute Gasteiger partial charge is 0.234 e. The number of guanidine groups is 1. The lowest BCUT2D eigenvalue weighted by Gasteiger charge is -2.36. The van der Waals surface area contributed by atoms with Gasteiger partial charge >= 0.3 is 0 Å². The van der Waals surface area contributed by atoms with Gasteiger partial charge in [0.2, 0.25) is 5.91 Å². The van der Waals surface area contributed by atoms with Crippen LogP contribution in [0, 0.1) is 11.6 Å². The number of nitrogens with zero attached hydrogens (tertiary/aromatic N) is 3. The summed E-state index contributed by atoms with van der Waals surface area (Å²) in [6.07, 6.45) is 0.445. The summed E-state index contributed by atoms with van der Waals surface area (Å²) < 4.78 is 26.6. The Hall–Kier alpha value is -2.22. The zero-order chi connectivity index (χ0) is 19.8. The third kappa shape index (κ3) is 6.78. The average molecular weight is 381 g/mol. The lowest BCUT2D eigenvalue weighted by Crippen LogP contribution is -2.54. The first-order chi connectivity index (χ1) is 12.9. The van der Waals surface area contributed by atoms with E-state index in [1.165, 1.54) is 12.1 Å². The van der Waals surface area contributed by atoms with Crippen LogP contribution in [-0.2, 0) is 11.2 Å². The molecular weight excluding hydrogens is 352 g/mol. The van der Waals surface area contributed by atoms with E-state index in [0.29, 0.717) is 25.1 Å². The van der Waals surface area contributed by atoms with Crippen molar-refractivity contribution in [2.75, 3.05) is 46.3 Å². The first kappa shape index (κ1) is 21.1. The number of hydrogen-bond acceptors (Lipinski definition) is 3. The van der Waals surface area contributed by atoms with E-state index in [0.717, 1.165) is 38.2 Å². The molecule has 1 amide bonds. The van der Waals surface area contributed by atoms with Crippen molar-refractivity contribution in [3.8, 4) is 0 Å². The maximum atomic E-state index is 13.7. The van der Waals surface area contributed by atoms with Crippen LogP contribution in [0.5, 0.6) is 0 Å². The zero-order valence-corrected chi connectivity index (χ0v) is 16.3. The molecule has 6 nitrogen and oxygen atoms in total.